The highest BCUT2D eigenvalue weighted by molar-refractivity contribution is 5.90. The lowest BCUT2D eigenvalue weighted by molar-refractivity contribution is 0.0631. The molecule has 22 heavy (non-hydrogen) atoms. The lowest BCUT2D eigenvalue weighted by Crippen LogP contribution is -2.31. The molecule has 0 bridgehead atoms. The van der Waals surface area contributed by atoms with Gasteiger partial charge in [-0.05, 0) is 43.7 Å². The maximum absolute atomic E-state index is 11.2. The Morgan fingerprint density at radius 3 is 2.59 bits per heavy atom. The first-order valence-electron chi connectivity index (χ1n) is 7.45. The number of aromatic nitrogens is 1. The zero-order chi connectivity index (χ0) is 15.7. The van der Waals surface area contributed by atoms with E-state index in [0.717, 1.165) is 25.9 Å². The molecule has 2 heterocycles. The second-order valence-electron chi connectivity index (χ2n) is 6.13. The molecule has 1 aromatic heterocycles. The van der Waals surface area contributed by atoms with Gasteiger partial charge in [-0.1, -0.05) is 5.16 Å². The Morgan fingerprint density at radius 1 is 1.36 bits per heavy atom. The minimum atomic E-state index is -0.796. The third-order valence-corrected chi connectivity index (χ3v) is 4.70. The number of fused-ring (bicyclic) bond motifs is 1. The van der Waals surface area contributed by atoms with E-state index in [2.05, 4.69) is 10.5 Å². The Bertz CT molecular complexity index is 561. The molecule has 0 spiro atoms. The molecule has 1 saturated heterocycles. The smallest absolute Gasteiger partial charge is 0.404 e. The highest BCUT2D eigenvalue weighted by Crippen LogP contribution is 2.41. The van der Waals surface area contributed by atoms with E-state index in [1.54, 1.807) is 0 Å². The van der Waals surface area contributed by atoms with Crippen LogP contribution in [0.4, 0.5) is 4.79 Å². The number of carbonyl (C=O) groups excluding carboxylic acids is 2. The van der Waals surface area contributed by atoms with Crippen LogP contribution in [-0.4, -0.2) is 36.4 Å². The second kappa shape index (κ2) is 5.96. The zero-order valence-corrected chi connectivity index (χ0v) is 12.2. The molecule has 2 fully saturated rings. The van der Waals surface area contributed by atoms with Crippen LogP contribution in [0.25, 0.3) is 0 Å². The first-order chi connectivity index (χ1) is 10.5. The monoisotopic (exact) mass is 308 g/mol. The first-order valence-corrected chi connectivity index (χ1v) is 7.45. The second-order valence-corrected chi connectivity index (χ2v) is 6.13. The fourth-order valence-electron chi connectivity index (χ4n) is 3.69. The molecule has 0 radical (unpaired) electrons. The van der Waals surface area contributed by atoms with Crippen molar-refractivity contribution in [2.24, 2.45) is 29.2 Å². The summed E-state index contributed by atoms with van der Waals surface area (Å²) in [5.74, 6) is 1.31. The fourth-order valence-corrected chi connectivity index (χ4v) is 3.69. The third-order valence-electron chi connectivity index (χ3n) is 4.70. The number of carbonyl (C=O) groups is 2. The minimum Gasteiger partial charge on any atom is -0.446 e. The minimum absolute atomic E-state index is 0.0697. The highest BCUT2D eigenvalue weighted by Gasteiger charge is 2.41. The van der Waals surface area contributed by atoms with Crippen LogP contribution < -0.4 is 16.8 Å². The summed E-state index contributed by atoms with van der Waals surface area (Å²) in [5.41, 5.74) is 10.4. The van der Waals surface area contributed by atoms with Gasteiger partial charge in [0.2, 0.25) is 0 Å². The van der Waals surface area contributed by atoms with Crippen molar-refractivity contribution in [3.05, 3.63) is 17.5 Å². The van der Waals surface area contributed by atoms with Gasteiger partial charge in [0.25, 0.3) is 5.91 Å². The van der Waals surface area contributed by atoms with Crippen molar-refractivity contribution in [2.75, 3.05) is 13.1 Å². The van der Waals surface area contributed by atoms with Crippen LogP contribution in [0.1, 0.15) is 29.1 Å². The van der Waals surface area contributed by atoms with E-state index in [9.17, 15) is 9.59 Å². The molecular formula is C14H20N4O4. The largest absolute Gasteiger partial charge is 0.446 e. The Hall–Kier alpha value is -2.09. The topological polar surface area (TPSA) is 133 Å². The first kappa shape index (κ1) is 14.8. The molecule has 2 amide bonds. The summed E-state index contributed by atoms with van der Waals surface area (Å²) in [4.78, 5) is 22.2. The van der Waals surface area contributed by atoms with Gasteiger partial charge < -0.3 is 26.0 Å². The quantitative estimate of drug-likeness (QED) is 0.702. The van der Waals surface area contributed by atoms with E-state index in [4.69, 9.17) is 20.7 Å². The Morgan fingerprint density at radius 2 is 2.05 bits per heavy atom. The average Bonchev–Trinajstić information content (AvgIpc) is 3.11. The molecule has 2 aliphatic rings. The van der Waals surface area contributed by atoms with E-state index in [1.165, 1.54) is 6.07 Å². The molecular weight excluding hydrogens is 288 g/mol. The molecule has 5 N–H and O–H groups in total. The summed E-state index contributed by atoms with van der Waals surface area (Å²) < 4.78 is 10.4. The molecule has 0 aromatic carbocycles. The molecule has 1 saturated carbocycles. The van der Waals surface area contributed by atoms with Gasteiger partial charge in [-0.3, -0.25) is 4.79 Å². The highest BCUT2D eigenvalue weighted by atomic mass is 16.6. The van der Waals surface area contributed by atoms with Crippen LogP contribution in [0.15, 0.2) is 10.6 Å². The molecule has 3 atom stereocenters. The SMILES string of the molecule is NC(=O)OC(Cc1cc(C(N)=O)no1)C1CC2CNCC2C1. The number of ether oxygens (including phenoxy) is 1. The number of rotatable bonds is 5. The molecule has 1 aromatic rings. The van der Waals surface area contributed by atoms with Gasteiger partial charge in [0.15, 0.2) is 5.69 Å². The summed E-state index contributed by atoms with van der Waals surface area (Å²) in [6.07, 6.45) is 1.17. The van der Waals surface area contributed by atoms with Gasteiger partial charge in [-0.25, -0.2) is 4.79 Å². The lowest BCUT2D eigenvalue weighted by Gasteiger charge is -2.22. The van der Waals surface area contributed by atoms with E-state index >= 15 is 0 Å². The van der Waals surface area contributed by atoms with Crippen molar-refractivity contribution in [2.45, 2.75) is 25.4 Å². The maximum Gasteiger partial charge on any atom is 0.404 e. The number of hydrogen-bond acceptors (Lipinski definition) is 6. The molecule has 1 aliphatic carbocycles. The number of primary amides is 2. The summed E-state index contributed by atoms with van der Waals surface area (Å²) in [7, 11) is 0. The van der Waals surface area contributed by atoms with Crippen LogP contribution in [-0.2, 0) is 11.2 Å². The van der Waals surface area contributed by atoms with Crippen molar-refractivity contribution in [3.63, 3.8) is 0 Å². The molecule has 3 unspecified atom stereocenters. The number of amides is 2. The van der Waals surface area contributed by atoms with E-state index < -0.39 is 12.0 Å². The summed E-state index contributed by atoms with van der Waals surface area (Å²) in [6, 6.07) is 1.48. The molecule has 8 heteroatoms. The number of nitrogens with two attached hydrogens (primary N) is 2. The van der Waals surface area contributed by atoms with Crippen molar-refractivity contribution in [3.8, 4) is 0 Å². The van der Waals surface area contributed by atoms with Crippen LogP contribution in [0.3, 0.4) is 0 Å². The summed E-state index contributed by atoms with van der Waals surface area (Å²) in [6.45, 7) is 2.02. The van der Waals surface area contributed by atoms with Crippen molar-refractivity contribution >= 4 is 12.0 Å². The van der Waals surface area contributed by atoms with Crippen molar-refractivity contribution in [1.29, 1.82) is 0 Å². The van der Waals surface area contributed by atoms with Crippen LogP contribution >= 0.6 is 0 Å². The van der Waals surface area contributed by atoms with E-state index in [0.29, 0.717) is 24.0 Å². The molecule has 1 aliphatic heterocycles. The molecule has 8 nitrogen and oxygen atoms in total. The normalized spacial score (nSPS) is 28.3. The fraction of sp³-hybridized carbons (Fsp3) is 0.643. The molecule has 120 valence electrons. The Labute approximate surface area is 127 Å². The van der Waals surface area contributed by atoms with Gasteiger partial charge in [0, 0.05) is 12.5 Å². The summed E-state index contributed by atoms with van der Waals surface area (Å²) >= 11 is 0. The Kier molecular flexibility index (Phi) is 4.02. The van der Waals surface area contributed by atoms with Crippen LogP contribution in [0.5, 0.6) is 0 Å². The van der Waals surface area contributed by atoms with Crippen LogP contribution in [0.2, 0.25) is 0 Å². The van der Waals surface area contributed by atoms with Crippen molar-refractivity contribution in [1.82, 2.24) is 10.5 Å². The zero-order valence-electron chi connectivity index (χ0n) is 12.2. The van der Waals surface area contributed by atoms with Crippen molar-refractivity contribution < 1.29 is 18.8 Å². The van der Waals surface area contributed by atoms with Crippen LogP contribution in [0, 0.1) is 17.8 Å². The van der Waals surface area contributed by atoms with Gasteiger partial charge in [0.1, 0.15) is 11.9 Å². The summed E-state index contributed by atoms with van der Waals surface area (Å²) in [5, 5.41) is 6.98. The van der Waals surface area contributed by atoms with Gasteiger partial charge >= 0.3 is 6.09 Å². The number of nitrogens with zero attached hydrogens (tertiary/aromatic N) is 1. The standard InChI is InChI=1S/C14H20N4O4/c15-13(19)11-3-10(22-18-11)4-12(21-14(16)20)7-1-8-5-17-6-9(8)2-7/h3,7-9,12,17H,1-2,4-6H2,(H2,15,19)(H2,16,20). The van der Waals surface area contributed by atoms with E-state index in [1.807, 2.05) is 0 Å². The lowest BCUT2D eigenvalue weighted by atomic mass is 9.95. The number of hydrogen-bond donors (Lipinski definition) is 3. The van der Waals surface area contributed by atoms with E-state index in [-0.39, 0.29) is 17.7 Å². The van der Waals surface area contributed by atoms with Gasteiger partial charge in [-0.2, -0.15) is 0 Å². The average molecular weight is 308 g/mol. The maximum atomic E-state index is 11.2. The third kappa shape index (κ3) is 3.06. The molecule has 3 rings (SSSR count). The number of nitrogens with one attached hydrogen (secondary N) is 1. The van der Waals surface area contributed by atoms with Gasteiger partial charge in [-0.15, -0.1) is 0 Å². The predicted molar refractivity (Wildman–Crippen MR) is 75.8 cm³/mol. The predicted octanol–water partition coefficient (Wildman–Crippen LogP) is 0.0255. The Balaban J connectivity index is 1.69. The van der Waals surface area contributed by atoms with Gasteiger partial charge in [0.05, 0.1) is 0 Å².